The molecule has 0 radical (unpaired) electrons. The van der Waals surface area contributed by atoms with E-state index in [0.29, 0.717) is 40.3 Å². The highest BCUT2D eigenvalue weighted by Crippen LogP contribution is 2.60. The van der Waals surface area contributed by atoms with E-state index >= 15 is 0 Å². The zero-order valence-corrected chi connectivity index (χ0v) is 23.4. The highest BCUT2D eigenvalue weighted by Gasteiger charge is 2.61. The monoisotopic (exact) mass is 587 g/mol. The third-order valence-electron chi connectivity index (χ3n) is 7.79. The summed E-state index contributed by atoms with van der Waals surface area (Å²) in [5.41, 5.74) is 2.89. The number of phenolic OH excluding ortho intramolecular Hbond substituents is 1. The molecule has 38 heavy (non-hydrogen) atoms. The van der Waals surface area contributed by atoms with Gasteiger partial charge in [-0.15, -0.1) is 11.8 Å². The molecule has 2 N–H and O–H groups in total. The fourth-order valence-corrected chi connectivity index (χ4v) is 7.88. The lowest BCUT2D eigenvalue weighted by molar-refractivity contribution is -0.184. The number of nitrogens with one attached hydrogen (secondary N) is 1. The maximum atomic E-state index is 14.0. The van der Waals surface area contributed by atoms with Gasteiger partial charge < -0.3 is 15.3 Å². The summed E-state index contributed by atoms with van der Waals surface area (Å²) in [4.78, 5) is 17.1. The van der Waals surface area contributed by atoms with Crippen LogP contribution in [-0.2, 0) is 4.79 Å². The zero-order valence-electron chi connectivity index (χ0n) is 21.1. The standard InChI is InChI=1S/C27H30Cl2F3N3O2S/c1-14-7-16(10-17(28)8-14)24-22(27(30,31)32)25(38-24)26(37)34-5-3-20(4-6-34)35-12-19(13-35)33-18-9-15(2)23(36)21(29)11-18/h7-11,19-20,22,24-25,33,36H,3-6,12-13H2,1-2H3. The topological polar surface area (TPSA) is 55.8 Å². The summed E-state index contributed by atoms with van der Waals surface area (Å²) < 4.78 is 42.1. The van der Waals surface area contributed by atoms with E-state index in [4.69, 9.17) is 23.2 Å². The van der Waals surface area contributed by atoms with E-state index in [1.165, 1.54) is 0 Å². The highest BCUT2D eigenvalue weighted by atomic mass is 35.5. The Bertz CT molecular complexity index is 1170. The van der Waals surface area contributed by atoms with Crippen molar-refractivity contribution in [1.82, 2.24) is 9.80 Å². The molecule has 5 nitrogen and oxygen atoms in total. The summed E-state index contributed by atoms with van der Waals surface area (Å²) in [5.74, 6) is -2.03. The van der Waals surface area contributed by atoms with Crippen molar-refractivity contribution >= 4 is 46.6 Å². The number of carbonyl (C=O) groups is 1. The van der Waals surface area contributed by atoms with Gasteiger partial charge in [-0.2, -0.15) is 13.2 Å². The first-order valence-electron chi connectivity index (χ1n) is 12.7. The number of phenols is 1. The van der Waals surface area contributed by atoms with Crippen LogP contribution in [0.1, 0.15) is 34.8 Å². The fraction of sp³-hybridized carbons (Fsp3) is 0.519. The van der Waals surface area contributed by atoms with Crippen LogP contribution in [-0.4, -0.2) is 70.5 Å². The Morgan fingerprint density at radius 1 is 1.08 bits per heavy atom. The molecule has 11 heteroatoms. The number of hydrogen-bond donors (Lipinski definition) is 2. The Hall–Kier alpha value is -1.81. The molecule has 0 spiro atoms. The minimum absolute atomic E-state index is 0.0886. The van der Waals surface area contributed by atoms with Crippen molar-refractivity contribution in [2.24, 2.45) is 5.92 Å². The number of nitrogens with zero attached hydrogens (tertiary/aromatic N) is 2. The number of aromatic hydroxyl groups is 1. The van der Waals surface area contributed by atoms with E-state index in [1.807, 2.05) is 6.07 Å². The van der Waals surface area contributed by atoms with Gasteiger partial charge in [0.25, 0.3) is 0 Å². The largest absolute Gasteiger partial charge is 0.506 e. The number of thioether (sulfide) groups is 1. The van der Waals surface area contributed by atoms with Gasteiger partial charge in [-0.3, -0.25) is 9.69 Å². The molecule has 3 aliphatic rings. The van der Waals surface area contributed by atoms with Gasteiger partial charge in [0.1, 0.15) is 5.75 Å². The molecule has 1 amide bonds. The molecular weight excluding hydrogens is 558 g/mol. The smallest absolute Gasteiger partial charge is 0.394 e. The predicted octanol–water partition coefficient (Wildman–Crippen LogP) is 6.44. The third-order valence-corrected chi connectivity index (χ3v) is 9.94. The Kier molecular flexibility index (Phi) is 7.77. The zero-order chi connectivity index (χ0) is 27.4. The number of anilines is 1. The van der Waals surface area contributed by atoms with Gasteiger partial charge in [0.05, 0.1) is 22.2 Å². The van der Waals surface area contributed by atoms with Gasteiger partial charge in [-0.25, -0.2) is 0 Å². The van der Waals surface area contributed by atoms with Gasteiger partial charge in [0, 0.05) is 48.2 Å². The van der Waals surface area contributed by atoms with Gasteiger partial charge in [0.15, 0.2) is 0 Å². The van der Waals surface area contributed by atoms with Crippen molar-refractivity contribution in [1.29, 1.82) is 0 Å². The maximum absolute atomic E-state index is 14.0. The summed E-state index contributed by atoms with van der Waals surface area (Å²) in [5, 5.41) is 12.1. The second kappa shape index (κ2) is 10.6. The Balaban J connectivity index is 1.13. The number of aryl methyl sites for hydroxylation is 2. The average molecular weight is 589 g/mol. The number of halogens is 5. The van der Waals surface area contributed by atoms with Crippen LogP contribution in [0.3, 0.4) is 0 Å². The first-order valence-corrected chi connectivity index (χ1v) is 14.4. The van der Waals surface area contributed by atoms with Crippen LogP contribution >= 0.6 is 35.0 Å². The molecule has 0 bridgehead atoms. The van der Waals surface area contributed by atoms with Crippen LogP contribution in [0.15, 0.2) is 30.3 Å². The van der Waals surface area contributed by atoms with Gasteiger partial charge in [0.2, 0.25) is 5.91 Å². The van der Waals surface area contributed by atoms with Crippen LogP contribution in [0.2, 0.25) is 10.0 Å². The molecule has 5 rings (SSSR count). The van der Waals surface area contributed by atoms with Gasteiger partial charge >= 0.3 is 6.18 Å². The SMILES string of the molecule is Cc1cc(Cl)cc(C2SC(C(=O)N3CCC(N4CC(Nc5cc(C)c(O)c(Cl)c5)C4)CC3)C2C(F)(F)F)c1. The molecule has 3 aliphatic heterocycles. The molecule has 0 saturated carbocycles. The van der Waals surface area contributed by atoms with E-state index in [2.05, 4.69) is 10.2 Å². The van der Waals surface area contributed by atoms with Crippen molar-refractivity contribution < 1.29 is 23.1 Å². The molecule has 2 aromatic carbocycles. The van der Waals surface area contributed by atoms with E-state index in [9.17, 15) is 23.1 Å². The molecule has 3 saturated heterocycles. The minimum atomic E-state index is -4.47. The minimum Gasteiger partial charge on any atom is -0.506 e. The Labute approximate surface area is 234 Å². The molecule has 0 aliphatic carbocycles. The number of benzene rings is 2. The quantitative estimate of drug-likeness (QED) is 0.394. The molecular formula is C27H30Cl2F3N3O2S. The first kappa shape index (κ1) is 27.7. The summed E-state index contributed by atoms with van der Waals surface area (Å²) >= 11 is 13.3. The van der Waals surface area contributed by atoms with Crippen LogP contribution in [0.25, 0.3) is 0 Å². The Morgan fingerprint density at radius 3 is 2.37 bits per heavy atom. The highest BCUT2D eigenvalue weighted by molar-refractivity contribution is 8.02. The van der Waals surface area contributed by atoms with Crippen molar-refractivity contribution in [3.63, 3.8) is 0 Å². The number of hydrogen-bond acceptors (Lipinski definition) is 5. The number of piperidine rings is 1. The normalized spacial score (nSPS) is 25.1. The number of rotatable bonds is 5. The van der Waals surface area contributed by atoms with E-state index < -0.39 is 28.5 Å². The first-order chi connectivity index (χ1) is 17.9. The molecule has 0 aromatic heterocycles. The molecule has 206 valence electrons. The van der Waals surface area contributed by atoms with Crippen molar-refractivity contribution in [2.45, 2.75) is 55.4 Å². The lowest BCUT2D eigenvalue weighted by Crippen LogP contribution is -2.61. The fourth-order valence-electron chi connectivity index (χ4n) is 5.76. The van der Waals surface area contributed by atoms with Crippen LogP contribution in [0.5, 0.6) is 5.75 Å². The van der Waals surface area contributed by atoms with E-state index in [-0.39, 0.29) is 11.8 Å². The molecule has 3 atom stereocenters. The second-order valence-electron chi connectivity index (χ2n) is 10.6. The molecule has 2 aromatic rings. The Morgan fingerprint density at radius 2 is 1.76 bits per heavy atom. The lowest BCUT2D eigenvalue weighted by atomic mass is 9.90. The lowest BCUT2D eigenvalue weighted by Gasteiger charge is -2.49. The summed E-state index contributed by atoms with van der Waals surface area (Å²) in [6.45, 7) is 6.21. The van der Waals surface area contributed by atoms with Crippen molar-refractivity contribution in [3.8, 4) is 5.75 Å². The molecule has 3 fully saturated rings. The number of alkyl halides is 3. The van der Waals surface area contributed by atoms with Crippen LogP contribution in [0.4, 0.5) is 18.9 Å². The van der Waals surface area contributed by atoms with Crippen molar-refractivity contribution in [2.75, 3.05) is 31.5 Å². The molecule has 3 unspecified atom stereocenters. The molecule has 3 heterocycles. The van der Waals surface area contributed by atoms with Crippen molar-refractivity contribution in [3.05, 3.63) is 57.1 Å². The average Bonchev–Trinajstić information content (AvgIpc) is 2.77. The predicted molar refractivity (Wildman–Crippen MR) is 146 cm³/mol. The van der Waals surface area contributed by atoms with E-state index in [1.54, 1.807) is 43.0 Å². The summed E-state index contributed by atoms with van der Waals surface area (Å²) in [6, 6.07) is 9.13. The summed E-state index contributed by atoms with van der Waals surface area (Å²) in [7, 11) is 0. The second-order valence-corrected chi connectivity index (χ2v) is 12.7. The van der Waals surface area contributed by atoms with Gasteiger partial charge in [-0.05, 0) is 67.6 Å². The number of amides is 1. The van der Waals surface area contributed by atoms with E-state index in [0.717, 1.165) is 48.9 Å². The third kappa shape index (κ3) is 5.58. The summed E-state index contributed by atoms with van der Waals surface area (Å²) in [6.07, 6.45) is -2.98. The van der Waals surface area contributed by atoms with Crippen LogP contribution in [0, 0.1) is 19.8 Å². The van der Waals surface area contributed by atoms with Gasteiger partial charge in [-0.1, -0.05) is 29.3 Å². The maximum Gasteiger partial charge on any atom is 0.394 e. The van der Waals surface area contributed by atoms with Crippen LogP contribution < -0.4 is 5.32 Å². The number of carbonyl (C=O) groups excluding carboxylic acids is 1. The number of likely N-dealkylation sites (tertiary alicyclic amines) is 2.